The lowest BCUT2D eigenvalue weighted by Gasteiger charge is -2.40. The number of fused-ring (bicyclic) bond motifs is 1. The summed E-state index contributed by atoms with van der Waals surface area (Å²) >= 11 is 0. The standard InChI is InChI=1S/C30H38FN5O2/c1-19(2)33(5)30(38)26-11-25(31)6-7-27(26)36-18-24(29-20(3)12-32-13-28(29)36)10-23-15-34(16-23)14-22-8-9-35(17-22)21(4)37/h6-7,11-13,18-19,22-23H,8-10,14-17H2,1-5H3. The molecule has 202 valence electrons. The zero-order valence-corrected chi connectivity index (χ0v) is 23.1. The molecule has 0 bridgehead atoms. The summed E-state index contributed by atoms with van der Waals surface area (Å²) < 4.78 is 16.3. The number of pyridine rings is 1. The molecule has 2 aliphatic heterocycles. The summed E-state index contributed by atoms with van der Waals surface area (Å²) in [6.07, 6.45) is 7.86. The topological polar surface area (TPSA) is 61.7 Å². The molecule has 0 radical (unpaired) electrons. The van der Waals surface area contributed by atoms with E-state index in [0.717, 1.165) is 62.0 Å². The lowest BCUT2D eigenvalue weighted by molar-refractivity contribution is -0.127. The van der Waals surface area contributed by atoms with Crippen LogP contribution in [-0.4, -0.2) is 81.9 Å². The van der Waals surface area contributed by atoms with E-state index in [1.54, 1.807) is 24.9 Å². The molecule has 0 N–H and O–H groups in total. The fraction of sp³-hybridized carbons (Fsp3) is 0.500. The molecular formula is C30H38FN5O2. The van der Waals surface area contributed by atoms with Crippen LogP contribution in [0.2, 0.25) is 0 Å². The molecule has 8 heteroatoms. The van der Waals surface area contributed by atoms with Crippen LogP contribution in [0.5, 0.6) is 0 Å². The van der Waals surface area contributed by atoms with E-state index < -0.39 is 5.82 Å². The number of rotatable bonds is 7. The molecule has 2 saturated heterocycles. The maximum absolute atomic E-state index is 14.3. The number of benzene rings is 1. The van der Waals surface area contributed by atoms with Gasteiger partial charge < -0.3 is 19.3 Å². The molecule has 38 heavy (non-hydrogen) atoms. The first-order chi connectivity index (χ1) is 18.1. The third-order valence-corrected chi connectivity index (χ3v) is 8.31. The van der Waals surface area contributed by atoms with Crippen LogP contribution >= 0.6 is 0 Å². The van der Waals surface area contributed by atoms with Crippen molar-refractivity contribution in [3.63, 3.8) is 0 Å². The third kappa shape index (κ3) is 5.06. The van der Waals surface area contributed by atoms with Crippen LogP contribution in [0.3, 0.4) is 0 Å². The van der Waals surface area contributed by atoms with Gasteiger partial charge in [-0.2, -0.15) is 0 Å². The average Bonchev–Trinajstić information content (AvgIpc) is 3.47. The first-order valence-corrected chi connectivity index (χ1v) is 13.6. The number of aromatic nitrogens is 2. The van der Waals surface area contributed by atoms with Crippen LogP contribution in [0.15, 0.2) is 36.8 Å². The molecule has 2 fully saturated rings. The van der Waals surface area contributed by atoms with Gasteiger partial charge in [-0.3, -0.25) is 14.6 Å². The SMILES string of the molecule is CC(=O)N1CCC(CN2CC(Cc3cn(-c4ccc(F)cc4C(=O)N(C)C(C)C)c4cncc(C)c34)C2)C1. The number of carbonyl (C=O) groups excluding carboxylic acids is 2. The molecule has 2 amide bonds. The number of amides is 2. The Kier molecular flexibility index (Phi) is 7.27. The van der Waals surface area contributed by atoms with Crippen LogP contribution in [0.25, 0.3) is 16.6 Å². The van der Waals surface area contributed by atoms with E-state index in [4.69, 9.17) is 0 Å². The zero-order valence-electron chi connectivity index (χ0n) is 23.1. The highest BCUT2D eigenvalue weighted by molar-refractivity contribution is 5.99. The van der Waals surface area contributed by atoms with Crippen molar-refractivity contribution in [1.29, 1.82) is 0 Å². The van der Waals surface area contributed by atoms with Gasteiger partial charge >= 0.3 is 0 Å². The van der Waals surface area contributed by atoms with Gasteiger partial charge in [0.1, 0.15) is 5.82 Å². The Morgan fingerprint density at radius 1 is 1.16 bits per heavy atom. The Labute approximate surface area is 224 Å². The molecule has 1 atom stereocenters. The lowest BCUT2D eigenvalue weighted by Crippen LogP contribution is -2.49. The monoisotopic (exact) mass is 519 g/mol. The van der Waals surface area contributed by atoms with Crippen molar-refractivity contribution in [2.45, 2.75) is 46.6 Å². The maximum Gasteiger partial charge on any atom is 0.256 e. The van der Waals surface area contributed by atoms with Crippen LogP contribution < -0.4 is 0 Å². The van der Waals surface area contributed by atoms with Gasteiger partial charge in [0.2, 0.25) is 5.91 Å². The number of nitrogens with zero attached hydrogens (tertiary/aromatic N) is 5. The van der Waals surface area contributed by atoms with Crippen molar-refractivity contribution in [2.75, 3.05) is 39.8 Å². The number of carbonyl (C=O) groups is 2. The lowest BCUT2D eigenvalue weighted by atomic mass is 9.90. The van der Waals surface area contributed by atoms with E-state index in [-0.39, 0.29) is 17.9 Å². The molecule has 7 nitrogen and oxygen atoms in total. The Morgan fingerprint density at radius 3 is 2.61 bits per heavy atom. The van der Waals surface area contributed by atoms with E-state index in [1.165, 1.54) is 17.7 Å². The van der Waals surface area contributed by atoms with Crippen LogP contribution in [0.4, 0.5) is 4.39 Å². The van der Waals surface area contributed by atoms with Crippen molar-refractivity contribution >= 4 is 22.7 Å². The van der Waals surface area contributed by atoms with Gasteiger partial charge in [0.05, 0.1) is 23.0 Å². The van der Waals surface area contributed by atoms with E-state index in [2.05, 4.69) is 23.0 Å². The third-order valence-electron chi connectivity index (χ3n) is 8.31. The van der Waals surface area contributed by atoms with Gasteiger partial charge in [-0.15, -0.1) is 0 Å². The molecule has 2 aromatic heterocycles. The second kappa shape index (κ2) is 10.5. The number of likely N-dealkylation sites (tertiary alicyclic amines) is 2. The van der Waals surface area contributed by atoms with E-state index in [0.29, 0.717) is 23.1 Å². The van der Waals surface area contributed by atoms with Crippen LogP contribution in [0, 0.1) is 24.6 Å². The van der Waals surface area contributed by atoms with Crippen LogP contribution in [0.1, 0.15) is 48.7 Å². The van der Waals surface area contributed by atoms with Crippen molar-refractivity contribution < 1.29 is 14.0 Å². The van der Waals surface area contributed by atoms with Crippen molar-refractivity contribution in [2.24, 2.45) is 11.8 Å². The van der Waals surface area contributed by atoms with E-state index in [9.17, 15) is 14.0 Å². The quantitative estimate of drug-likeness (QED) is 0.467. The van der Waals surface area contributed by atoms with Crippen molar-refractivity contribution in [3.05, 3.63) is 59.3 Å². The van der Waals surface area contributed by atoms with Crippen molar-refractivity contribution in [1.82, 2.24) is 24.3 Å². The van der Waals surface area contributed by atoms with Gasteiger partial charge in [-0.25, -0.2) is 4.39 Å². The Morgan fingerprint density at radius 2 is 1.92 bits per heavy atom. The molecule has 4 heterocycles. The molecule has 1 aromatic carbocycles. The van der Waals surface area contributed by atoms with E-state index in [1.807, 2.05) is 35.7 Å². The predicted octanol–water partition coefficient (Wildman–Crippen LogP) is 4.30. The average molecular weight is 520 g/mol. The van der Waals surface area contributed by atoms with Gasteiger partial charge in [0.25, 0.3) is 5.91 Å². The van der Waals surface area contributed by atoms with Gasteiger partial charge in [-0.05, 0) is 74.8 Å². The second-order valence-corrected chi connectivity index (χ2v) is 11.5. The van der Waals surface area contributed by atoms with E-state index >= 15 is 0 Å². The summed E-state index contributed by atoms with van der Waals surface area (Å²) in [7, 11) is 1.75. The zero-order chi connectivity index (χ0) is 27.1. The summed E-state index contributed by atoms with van der Waals surface area (Å²) in [5.74, 6) is 0.658. The summed E-state index contributed by atoms with van der Waals surface area (Å²) in [6, 6.07) is 4.44. The molecular weight excluding hydrogens is 481 g/mol. The molecule has 0 saturated carbocycles. The normalized spacial score (nSPS) is 18.4. The molecule has 0 aliphatic carbocycles. The Hall–Kier alpha value is -3.26. The molecule has 2 aliphatic rings. The minimum atomic E-state index is -0.427. The summed E-state index contributed by atoms with van der Waals surface area (Å²) in [5, 5.41) is 1.16. The van der Waals surface area contributed by atoms with Crippen molar-refractivity contribution in [3.8, 4) is 5.69 Å². The fourth-order valence-electron chi connectivity index (χ4n) is 6.01. The predicted molar refractivity (Wildman–Crippen MR) is 147 cm³/mol. The number of hydrogen-bond acceptors (Lipinski definition) is 4. The first-order valence-electron chi connectivity index (χ1n) is 13.6. The Bertz CT molecular complexity index is 1360. The number of halogens is 1. The highest BCUT2D eigenvalue weighted by Crippen LogP contribution is 2.33. The summed E-state index contributed by atoms with van der Waals surface area (Å²) in [5.41, 5.74) is 4.26. The van der Waals surface area contributed by atoms with Gasteiger partial charge in [0.15, 0.2) is 0 Å². The highest BCUT2D eigenvalue weighted by Gasteiger charge is 2.33. The fourth-order valence-corrected chi connectivity index (χ4v) is 6.01. The highest BCUT2D eigenvalue weighted by atomic mass is 19.1. The first kappa shape index (κ1) is 26.4. The van der Waals surface area contributed by atoms with Crippen LogP contribution in [-0.2, 0) is 11.2 Å². The smallest absolute Gasteiger partial charge is 0.256 e. The van der Waals surface area contributed by atoms with Gasteiger partial charge in [0, 0.05) is 70.5 Å². The molecule has 0 spiro atoms. The summed E-state index contributed by atoms with van der Waals surface area (Å²) in [4.78, 5) is 35.5. The molecule has 5 rings (SSSR count). The maximum atomic E-state index is 14.3. The largest absolute Gasteiger partial charge is 0.343 e. The Balaban J connectivity index is 1.38. The summed E-state index contributed by atoms with van der Waals surface area (Å²) in [6.45, 7) is 12.5. The molecule has 3 aromatic rings. The minimum Gasteiger partial charge on any atom is -0.343 e. The van der Waals surface area contributed by atoms with Gasteiger partial charge in [-0.1, -0.05) is 0 Å². The number of hydrogen-bond donors (Lipinski definition) is 0. The second-order valence-electron chi connectivity index (χ2n) is 11.5. The minimum absolute atomic E-state index is 0.00387. The number of aryl methyl sites for hydroxylation is 1. The molecule has 1 unspecified atom stereocenters.